The molecule has 1 N–H and O–H groups in total. The monoisotopic (exact) mass is 418 g/mol. The molecule has 0 spiro atoms. The summed E-state index contributed by atoms with van der Waals surface area (Å²) in [7, 11) is -3.72. The van der Waals surface area contributed by atoms with E-state index in [0.717, 1.165) is 11.1 Å². The second-order valence-corrected chi connectivity index (χ2v) is 8.69. The van der Waals surface area contributed by atoms with Crippen molar-refractivity contribution in [2.45, 2.75) is 10.6 Å². The summed E-state index contributed by atoms with van der Waals surface area (Å²) in [4.78, 5) is 0.134. The zero-order valence-corrected chi connectivity index (χ0v) is 16.7. The van der Waals surface area contributed by atoms with Crippen LogP contribution >= 0.6 is 0 Å². The molecular weight excluding hydrogens is 400 g/mol. The zero-order chi connectivity index (χ0) is 21.1. The quantitative estimate of drug-likeness (QED) is 0.478. The van der Waals surface area contributed by atoms with Crippen LogP contribution in [0.5, 0.6) is 0 Å². The number of benzene rings is 3. The largest absolute Gasteiger partial charge is 0.508 e. The summed E-state index contributed by atoms with van der Waals surface area (Å²) in [6, 6.07) is 21.3. The number of hydrogen-bond donors (Lipinski definition) is 1. The highest BCUT2D eigenvalue weighted by molar-refractivity contribution is 7.90. The Balaban J connectivity index is 1.74. The first-order valence-corrected chi connectivity index (χ1v) is 10.7. The van der Waals surface area contributed by atoms with E-state index < -0.39 is 9.84 Å². The molecule has 30 heavy (non-hydrogen) atoms. The Morgan fingerprint density at radius 1 is 0.967 bits per heavy atom. The Hall–Kier alpha value is -3.78. The molecule has 1 heterocycles. The lowest BCUT2D eigenvalue weighted by Gasteiger charge is -2.13. The lowest BCUT2D eigenvalue weighted by Crippen LogP contribution is -2.08. The lowest BCUT2D eigenvalue weighted by atomic mass is 9.99. The molecule has 0 saturated heterocycles. The first-order valence-electron chi connectivity index (χ1n) is 9.07. The van der Waals surface area contributed by atoms with Crippen molar-refractivity contribution in [2.75, 3.05) is 0 Å². The van der Waals surface area contributed by atoms with Crippen LogP contribution in [0.3, 0.4) is 0 Å². The SMILES string of the molecule is C=C(O)c1ccc(-c2ccccc2)cc1CS(=O)(=O)c1cccc(-n2cnnn2)c1. The van der Waals surface area contributed by atoms with Gasteiger partial charge in [0, 0.05) is 5.56 Å². The summed E-state index contributed by atoms with van der Waals surface area (Å²) >= 11 is 0. The molecule has 0 fully saturated rings. The number of aliphatic hydroxyl groups excluding tert-OH is 1. The second-order valence-electron chi connectivity index (χ2n) is 6.70. The highest BCUT2D eigenvalue weighted by Gasteiger charge is 2.20. The van der Waals surface area contributed by atoms with Crippen LogP contribution in [0.1, 0.15) is 11.1 Å². The van der Waals surface area contributed by atoms with Crippen molar-refractivity contribution in [1.82, 2.24) is 20.2 Å². The van der Waals surface area contributed by atoms with Crippen molar-refractivity contribution in [1.29, 1.82) is 0 Å². The van der Waals surface area contributed by atoms with Gasteiger partial charge in [-0.05, 0) is 51.4 Å². The Morgan fingerprint density at radius 3 is 2.47 bits per heavy atom. The first kappa shape index (κ1) is 19.5. The minimum Gasteiger partial charge on any atom is -0.508 e. The van der Waals surface area contributed by atoms with Gasteiger partial charge in [0.15, 0.2) is 9.84 Å². The molecule has 0 amide bonds. The highest BCUT2D eigenvalue weighted by atomic mass is 32.2. The van der Waals surface area contributed by atoms with Crippen LogP contribution < -0.4 is 0 Å². The molecule has 0 saturated carbocycles. The van der Waals surface area contributed by atoms with Gasteiger partial charge in [-0.3, -0.25) is 0 Å². The minimum absolute atomic E-state index is 0.134. The Labute approximate surface area is 173 Å². The number of rotatable bonds is 6. The minimum atomic E-state index is -3.72. The van der Waals surface area contributed by atoms with Gasteiger partial charge >= 0.3 is 0 Å². The molecule has 0 aliphatic carbocycles. The second kappa shape index (κ2) is 7.92. The van der Waals surface area contributed by atoms with E-state index in [2.05, 4.69) is 22.1 Å². The normalized spacial score (nSPS) is 11.3. The fourth-order valence-electron chi connectivity index (χ4n) is 3.19. The van der Waals surface area contributed by atoms with Gasteiger partial charge in [-0.2, -0.15) is 0 Å². The van der Waals surface area contributed by atoms with E-state index in [1.807, 2.05) is 36.4 Å². The van der Waals surface area contributed by atoms with Gasteiger partial charge < -0.3 is 5.11 Å². The zero-order valence-electron chi connectivity index (χ0n) is 15.9. The van der Waals surface area contributed by atoms with Crippen molar-refractivity contribution in [3.63, 3.8) is 0 Å². The van der Waals surface area contributed by atoms with Crippen LogP contribution in [0.2, 0.25) is 0 Å². The smallest absolute Gasteiger partial charge is 0.182 e. The van der Waals surface area contributed by atoms with E-state index in [1.54, 1.807) is 24.3 Å². The summed E-state index contributed by atoms with van der Waals surface area (Å²) in [5.74, 6) is -0.469. The molecule has 4 aromatic rings. The molecule has 1 aromatic heterocycles. The molecule has 8 heteroatoms. The summed E-state index contributed by atoms with van der Waals surface area (Å²) in [5.41, 5.74) is 3.21. The third kappa shape index (κ3) is 3.99. The average Bonchev–Trinajstić information content (AvgIpc) is 3.29. The molecule has 0 aliphatic heterocycles. The maximum Gasteiger partial charge on any atom is 0.182 e. The third-order valence-corrected chi connectivity index (χ3v) is 6.32. The van der Waals surface area contributed by atoms with Gasteiger partial charge in [0.2, 0.25) is 0 Å². The Bertz CT molecular complexity index is 1300. The Morgan fingerprint density at radius 2 is 1.77 bits per heavy atom. The molecule has 0 unspecified atom stereocenters. The molecule has 150 valence electrons. The molecule has 0 radical (unpaired) electrons. The number of aliphatic hydroxyl groups is 1. The molecule has 0 bridgehead atoms. The summed E-state index contributed by atoms with van der Waals surface area (Å²) < 4.78 is 27.7. The fourth-order valence-corrected chi connectivity index (χ4v) is 4.59. The van der Waals surface area contributed by atoms with E-state index in [0.29, 0.717) is 16.8 Å². The number of tetrazole rings is 1. The standard InChI is InChI=1S/C22H18N4O3S/c1-16(27)22-11-10-18(17-6-3-2-4-7-17)12-19(22)14-30(28,29)21-9-5-8-20(13-21)26-15-23-24-25-26/h2-13,15,27H,1,14H2. The highest BCUT2D eigenvalue weighted by Crippen LogP contribution is 2.28. The molecule has 7 nitrogen and oxygen atoms in total. The molecule has 4 rings (SSSR count). The van der Waals surface area contributed by atoms with Crippen LogP contribution in [-0.4, -0.2) is 33.7 Å². The van der Waals surface area contributed by atoms with Crippen LogP contribution in [0.15, 0.2) is 90.6 Å². The van der Waals surface area contributed by atoms with Gasteiger partial charge in [0.25, 0.3) is 0 Å². The average molecular weight is 418 g/mol. The number of aromatic nitrogens is 4. The van der Waals surface area contributed by atoms with Gasteiger partial charge in [-0.1, -0.05) is 55.1 Å². The Kier molecular flexibility index (Phi) is 5.16. The van der Waals surface area contributed by atoms with E-state index in [-0.39, 0.29) is 16.4 Å². The topological polar surface area (TPSA) is 98.0 Å². The molecule has 0 aliphatic rings. The predicted octanol–water partition coefficient (Wildman–Crippen LogP) is 3.83. The van der Waals surface area contributed by atoms with E-state index in [4.69, 9.17) is 0 Å². The van der Waals surface area contributed by atoms with Crippen LogP contribution in [0.25, 0.3) is 22.6 Å². The van der Waals surface area contributed by atoms with E-state index >= 15 is 0 Å². The van der Waals surface area contributed by atoms with Crippen LogP contribution in [0.4, 0.5) is 0 Å². The first-order chi connectivity index (χ1) is 14.4. The number of hydrogen-bond acceptors (Lipinski definition) is 6. The summed E-state index contributed by atoms with van der Waals surface area (Å²) in [6.45, 7) is 3.57. The fraction of sp³-hybridized carbons (Fsp3) is 0.0455. The van der Waals surface area contributed by atoms with E-state index in [1.165, 1.54) is 23.1 Å². The number of sulfone groups is 1. The summed E-state index contributed by atoms with van der Waals surface area (Å²) in [6.07, 6.45) is 1.39. The van der Waals surface area contributed by atoms with Crippen LogP contribution in [-0.2, 0) is 15.6 Å². The molecule has 0 atom stereocenters. The lowest BCUT2D eigenvalue weighted by molar-refractivity contribution is 0.513. The van der Waals surface area contributed by atoms with Crippen LogP contribution in [0, 0.1) is 0 Å². The van der Waals surface area contributed by atoms with Gasteiger partial charge in [0.1, 0.15) is 12.1 Å². The summed E-state index contributed by atoms with van der Waals surface area (Å²) in [5, 5.41) is 20.9. The van der Waals surface area contributed by atoms with Crippen molar-refractivity contribution >= 4 is 15.6 Å². The maximum atomic E-state index is 13.2. The molecular formula is C22H18N4O3S. The predicted molar refractivity (Wildman–Crippen MR) is 114 cm³/mol. The van der Waals surface area contributed by atoms with Crippen molar-refractivity contribution in [3.05, 3.63) is 96.8 Å². The molecule has 3 aromatic carbocycles. The van der Waals surface area contributed by atoms with Gasteiger partial charge in [0.05, 0.1) is 16.3 Å². The maximum absolute atomic E-state index is 13.2. The van der Waals surface area contributed by atoms with E-state index in [9.17, 15) is 13.5 Å². The van der Waals surface area contributed by atoms with Gasteiger partial charge in [-0.15, -0.1) is 5.10 Å². The van der Waals surface area contributed by atoms with Gasteiger partial charge in [-0.25, -0.2) is 13.1 Å². The van der Waals surface area contributed by atoms with Crippen molar-refractivity contribution in [3.8, 4) is 16.8 Å². The third-order valence-electron chi connectivity index (χ3n) is 4.66. The van der Waals surface area contributed by atoms with Crippen molar-refractivity contribution in [2.24, 2.45) is 0 Å². The van der Waals surface area contributed by atoms with Crippen molar-refractivity contribution < 1.29 is 13.5 Å². The number of nitrogens with zero attached hydrogens (tertiary/aromatic N) is 4.